The van der Waals surface area contributed by atoms with E-state index in [4.69, 9.17) is 10.5 Å². The summed E-state index contributed by atoms with van der Waals surface area (Å²) >= 11 is 0. The number of nitrogen functional groups attached to an aromatic ring is 1. The van der Waals surface area contributed by atoms with Crippen LogP contribution in [0.4, 0.5) is 11.4 Å². The van der Waals surface area contributed by atoms with Gasteiger partial charge in [0.2, 0.25) is 0 Å². The minimum absolute atomic E-state index is 0.0715. The fourth-order valence-electron chi connectivity index (χ4n) is 3.44. The Morgan fingerprint density at radius 1 is 1.19 bits per heavy atom. The van der Waals surface area contributed by atoms with E-state index in [1.807, 2.05) is 12.1 Å². The van der Waals surface area contributed by atoms with Crippen molar-refractivity contribution in [2.45, 2.75) is 26.2 Å². The Hall–Kier alpha value is -3.27. The summed E-state index contributed by atoms with van der Waals surface area (Å²) in [6, 6.07) is 7.42. The van der Waals surface area contributed by atoms with Gasteiger partial charge in [-0.3, -0.25) is 4.79 Å². The van der Waals surface area contributed by atoms with Crippen LogP contribution < -0.4 is 10.6 Å². The molecule has 140 valence electrons. The van der Waals surface area contributed by atoms with E-state index < -0.39 is 5.97 Å². The van der Waals surface area contributed by atoms with Gasteiger partial charge in [-0.1, -0.05) is 0 Å². The first kappa shape index (κ1) is 18.5. The summed E-state index contributed by atoms with van der Waals surface area (Å²) in [6.45, 7) is 3.27. The summed E-state index contributed by atoms with van der Waals surface area (Å²) in [5, 5.41) is 9.36. The molecule has 1 fully saturated rings. The SMILES string of the molecule is COC(=O)c1c(N)c(C#N)cn1-c1cc(C(C)=O)ccc1N1CCCCC1. The Labute approximate surface area is 157 Å². The zero-order chi connectivity index (χ0) is 19.6. The number of rotatable bonds is 4. The summed E-state index contributed by atoms with van der Waals surface area (Å²) in [7, 11) is 1.27. The number of anilines is 2. The van der Waals surface area contributed by atoms with Crippen molar-refractivity contribution in [2.24, 2.45) is 0 Å². The van der Waals surface area contributed by atoms with Crippen LogP contribution in [-0.4, -0.2) is 36.5 Å². The molecule has 0 amide bonds. The molecule has 0 spiro atoms. The third-order valence-electron chi connectivity index (χ3n) is 4.88. The van der Waals surface area contributed by atoms with Crippen LogP contribution in [0.3, 0.4) is 0 Å². The molecule has 2 N–H and O–H groups in total. The van der Waals surface area contributed by atoms with Gasteiger partial charge in [-0.05, 0) is 44.4 Å². The van der Waals surface area contributed by atoms with Gasteiger partial charge in [-0.2, -0.15) is 5.26 Å². The van der Waals surface area contributed by atoms with Crippen molar-refractivity contribution in [3.63, 3.8) is 0 Å². The van der Waals surface area contributed by atoms with Crippen molar-refractivity contribution < 1.29 is 14.3 Å². The monoisotopic (exact) mass is 366 g/mol. The number of nitrogens with two attached hydrogens (primary N) is 1. The standard InChI is InChI=1S/C20H22N4O3/c1-13(25)14-6-7-16(23-8-4-3-5-9-23)17(10-14)24-12-15(11-21)18(22)19(24)20(26)27-2/h6-7,10,12H,3-5,8-9,22H2,1-2H3. The van der Waals surface area contributed by atoms with Gasteiger partial charge >= 0.3 is 5.97 Å². The highest BCUT2D eigenvalue weighted by molar-refractivity contribution is 5.98. The van der Waals surface area contributed by atoms with Gasteiger partial charge in [0.25, 0.3) is 0 Å². The molecule has 0 atom stereocenters. The second-order valence-electron chi connectivity index (χ2n) is 6.59. The minimum Gasteiger partial charge on any atom is -0.464 e. The predicted molar refractivity (Wildman–Crippen MR) is 102 cm³/mol. The van der Waals surface area contributed by atoms with Crippen LogP contribution >= 0.6 is 0 Å². The van der Waals surface area contributed by atoms with E-state index in [1.54, 1.807) is 16.7 Å². The molecule has 1 aliphatic heterocycles. The van der Waals surface area contributed by atoms with Gasteiger partial charge in [0.15, 0.2) is 11.5 Å². The lowest BCUT2D eigenvalue weighted by molar-refractivity contribution is 0.0593. The van der Waals surface area contributed by atoms with E-state index >= 15 is 0 Å². The maximum atomic E-state index is 12.4. The summed E-state index contributed by atoms with van der Waals surface area (Å²) in [4.78, 5) is 26.5. The minimum atomic E-state index is -0.633. The van der Waals surface area contributed by atoms with Gasteiger partial charge in [0, 0.05) is 24.8 Å². The maximum absolute atomic E-state index is 12.4. The molecule has 0 saturated carbocycles. The summed E-state index contributed by atoms with van der Waals surface area (Å²) in [5.74, 6) is -0.714. The van der Waals surface area contributed by atoms with Gasteiger partial charge in [-0.15, -0.1) is 0 Å². The molecule has 2 heterocycles. The van der Waals surface area contributed by atoms with Crippen molar-refractivity contribution in [2.75, 3.05) is 30.8 Å². The number of aromatic nitrogens is 1. The zero-order valence-electron chi connectivity index (χ0n) is 15.5. The van der Waals surface area contributed by atoms with Crippen molar-refractivity contribution >= 4 is 23.1 Å². The molecule has 0 bridgehead atoms. The Kier molecular flexibility index (Phi) is 5.17. The predicted octanol–water partition coefficient (Wildman–Crippen LogP) is 2.91. The van der Waals surface area contributed by atoms with E-state index in [-0.39, 0.29) is 22.7 Å². The van der Waals surface area contributed by atoms with E-state index in [0.717, 1.165) is 31.6 Å². The number of carbonyl (C=O) groups excluding carboxylic acids is 2. The number of methoxy groups -OCH3 is 1. The van der Waals surface area contributed by atoms with E-state index in [2.05, 4.69) is 4.90 Å². The van der Waals surface area contributed by atoms with Crippen molar-refractivity contribution in [3.05, 3.63) is 41.2 Å². The quantitative estimate of drug-likeness (QED) is 0.659. The molecule has 3 rings (SSSR count). The number of nitriles is 1. The molecule has 0 aliphatic carbocycles. The number of carbonyl (C=O) groups is 2. The fraction of sp³-hybridized carbons (Fsp3) is 0.350. The number of ketones is 1. The molecule has 1 aliphatic rings. The number of piperidine rings is 1. The van der Waals surface area contributed by atoms with Crippen LogP contribution in [0.5, 0.6) is 0 Å². The molecule has 1 aromatic carbocycles. The maximum Gasteiger partial charge on any atom is 0.357 e. The molecule has 0 unspecified atom stereocenters. The van der Waals surface area contributed by atoms with E-state index in [9.17, 15) is 14.9 Å². The zero-order valence-corrected chi connectivity index (χ0v) is 15.5. The first-order valence-electron chi connectivity index (χ1n) is 8.87. The largest absolute Gasteiger partial charge is 0.464 e. The summed E-state index contributed by atoms with van der Waals surface area (Å²) in [5.41, 5.74) is 8.43. The van der Waals surface area contributed by atoms with Crippen molar-refractivity contribution in [1.82, 2.24) is 4.57 Å². The normalized spacial score (nSPS) is 13.9. The number of Topliss-reactive ketones (excluding diaryl/α,β-unsaturated/α-hetero) is 1. The third kappa shape index (κ3) is 3.38. The molecule has 1 aromatic heterocycles. The number of nitrogens with zero attached hydrogens (tertiary/aromatic N) is 3. The lowest BCUT2D eigenvalue weighted by Crippen LogP contribution is -2.30. The first-order chi connectivity index (χ1) is 13.0. The number of hydrogen-bond acceptors (Lipinski definition) is 6. The van der Waals surface area contributed by atoms with Crippen LogP contribution in [-0.2, 0) is 4.74 Å². The average molecular weight is 366 g/mol. The summed E-state index contributed by atoms with van der Waals surface area (Å²) in [6.07, 6.45) is 4.86. The third-order valence-corrected chi connectivity index (χ3v) is 4.88. The average Bonchev–Trinajstić information content (AvgIpc) is 3.03. The van der Waals surface area contributed by atoms with Crippen LogP contribution in [0.2, 0.25) is 0 Å². The Bertz CT molecular complexity index is 933. The Morgan fingerprint density at radius 3 is 2.48 bits per heavy atom. The number of benzene rings is 1. The van der Waals surface area contributed by atoms with E-state index in [0.29, 0.717) is 11.3 Å². The molecular weight excluding hydrogens is 344 g/mol. The highest BCUT2D eigenvalue weighted by Gasteiger charge is 2.25. The van der Waals surface area contributed by atoms with Crippen molar-refractivity contribution in [1.29, 1.82) is 5.26 Å². The molecule has 1 saturated heterocycles. The van der Waals surface area contributed by atoms with Crippen LogP contribution in [0.1, 0.15) is 52.6 Å². The highest BCUT2D eigenvalue weighted by atomic mass is 16.5. The number of hydrogen-bond donors (Lipinski definition) is 1. The Balaban J connectivity index is 2.26. The van der Waals surface area contributed by atoms with Gasteiger partial charge in [-0.25, -0.2) is 4.79 Å². The van der Waals surface area contributed by atoms with Crippen LogP contribution in [0.15, 0.2) is 24.4 Å². The van der Waals surface area contributed by atoms with Gasteiger partial charge in [0.1, 0.15) is 6.07 Å². The second-order valence-corrected chi connectivity index (χ2v) is 6.59. The van der Waals surface area contributed by atoms with E-state index in [1.165, 1.54) is 26.7 Å². The smallest absolute Gasteiger partial charge is 0.357 e. The molecule has 2 aromatic rings. The van der Waals surface area contributed by atoms with Crippen molar-refractivity contribution in [3.8, 4) is 11.8 Å². The molecular formula is C20H22N4O3. The number of ether oxygens (including phenoxy) is 1. The summed E-state index contributed by atoms with van der Waals surface area (Å²) < 4.78 is 6.44. The number of esters is 1. The first-order valence-corrected chi connectivity index (χ1v) is 8.87. The lowest BCUT2D eigenvalue weighted by atomic mass is 10.1. The topological polar surface area (TPSA) is 101 Å². The van der Waals surface area contributed by atoms with Crippen LogP contribution in [0, 0.1) is 11.3 Å². The molecule has 0 radical (unpaired) electrons. The lowest BCUT2D eigenvalue weighted by Gasteiger charge is -2.31. The fourth-order valence-corrected chi connectivity index (χ4v) is 3.44. The van der Waals surface area contributed by atoms with Crippen LogP contribution in [0.25, 0.3) is 5.69 Å². The Morgan fingerprint density at radius 2 is 1.89 bits per heavy atom. The van der Waals surface area contributed by atoms with Gasteiger partial charge in [0.05, 0.1) is 29.7 Å². The molecule has 27 heavy (non-hydrogen) atoms. The second kappa shape index (κ2) is 7.54. The van der Waals surface area contributed by atoms with Gasteiger partial charge < -0.3 is 19.9 Å². The molecule has 7 heteroatoms. The highest BCUT2D eigenvalue weighted by Crippen LogP contribution is 2.33. The molecule has 7 nitrogen and oxygen atoms in total.